The standard InChI is InChI=1S/C10H20O4Si/c1-5-12-15(4,13-6-2)14-9(3)7-10-8-11-10/h10H,3,5-8H2,1-2,4H3. The fourth-order valence-corrected chi connectivity index (χ4v) is 3.23. The highest BCUT2D eigenvalue weighted by atomic mass is 28.4. The molecule has 1 aliphatic rings. The number of ether oxygens (including phenoxy) is 1. The Morgan fingerprint density at radius 2 is 1.93 bits per heavy atom. The van der Waals surface area contributed by atoms with Gasteiger partial charge in [-0.1, -0.05) is 6.58 Å². The van der Waals surface area contributed by atoms with E-state index in [1.54, 1.807) is 0 Å². The second-order valence-corrected chi connectivity index (χ2v) is 6.03. The molecule has 1 unspecified atom stereocenters. The average molecular weight is 232 g/mol. The molecule has 0 bridgehead atoms. The lowest BCUT2D eigenvalue weighted by atomic mass is 10.3. The van der Waals surface area contributed by atoms with Gasteiger partial charge in [-0.25, -0.2) is 0 Å². The van der Waals surface area contributed by atoms with Gasteiger partial charge in [-0.15, -0.1) is 0 Å². The quantitative estimate of drug-likeness (QED) is 0.364. The molecular formula is C10H20O4Si. The van der Waals surface area contributed by atoms with Gasteiger partial charge in [0.15, 0.2) is 0 Å². The van der Waals surface area contributed by atoms with E-state index in [-0.39, 0.29) is 0 Å². The summed E-state index contributed by atoms with van der Waals surface area (Å²) >= 11 is 0. The highest BCUT2D eigenvalue weighted by Gasteiger charge is 2.37. The van der Waals surface area contributed by atoms with Crippen LogP contribution in [0.4, 0.5) is 0 Å². The molecule has 0 aromatic rings. The Hall–Kier alpha value is -0.363. The first kappa shape index (κ1) is 12.7. The van der Waals surface area contributed by atoms with Gasteiger partial charge in [0.2, 0.25) is 0 Å². The zero-order valence-corrected chi connectivity index (χ0v) is 10.7. The summed E-state index contributed by atoms with van der Waals surface area (Å²) in [6.45, 7) is 11.6. The first-order valence-electron chi connectivity index (χ1n) is 5.36. The van der Waals surface area contributed by atoms with Crippen LogP contribution in [0.3, 0.4) is 0 Å². The lowest BCUT2D eigenvalue weighted by molar-refractivity contribution is 0.0958. The van der Waals surface area contributed by atoms with Crippen molar-refractivity contribution >= 4 is 8.80 Å². The van der Waals surface area contributed by atoms with Crippen LogP contribution in [-0.4, -0.2) is 34.7 Å². The van der Waals surface area contributed by atoms with E-state index in [1.165, 1.54) is 0 Å². The smallest absolute Gasteiger partial charge is 0.505 e. The van der Waals surface area contributed by atoms with E-state index in [0.717, 1.165) is 13.0 Å². The Kier molecular flexibility index (Phi) is 4.78. The molecule has 0 amide bonds. The summed E-state index contributed by atoms with van der Waals surface area (Å²) in [5.74, 6) is 0.702. The molecule has 4 nitrogen and oxygen atoms in total. The Balaban J connectivity index is 2.36. The average Bonchev–Trinajstić information content (AvgIpc) is 2.87. The van der Waals surface area contributed by atoms with Crippen LogP contribution in [0.15, 0.2) is 12.3 Å². The van der Waals surface area contributed by atoms with E-state index in [4.69, 9.17) is 18.0 Å². The van der Waals surface area contributed by atoms with Gasteiger partial charge in [-0.2, -0.15) is 0 Å². The van der Waals surface area contributed by atoms with Crippen LogP contribution in [0, 0.1) is 0 Å². The Labute approximate surface area is 92.5 Å². The molecule has 15 heavy (non-hydrogen) atoms. The lowest BCUT2D eigenvalue weighted by Crippen LogP contribution is -2.42. The molecule has 1 fully saturated rings. The molecule has 1 rings (SSSR count). The van der Waals surface area contributed by atoms with E-state index < -0.39 is 8.80 Å². The van der Waals surface area contributed by atoms with Gasteiger partial charge in [0.25, 0.3) is 0 Å². The molecule has 0 N–H and O–H groups in total. The summed E-state index contributed by atoms with van der Waals surface area (Å²) in [5.41, 5.74) is 0. The van der Waals surface area contributed by atoms with Crippen molar-refractivity contribution in [1.82, 2.24) is 0 Å². The predicted molar refractivity (Wildman–Crippen MR) is 59.5 cm³/mol. The van der Waals surface area contributed by atoms with Crippen molar-refractivity contribution in [2.24, 2.45) is 0 Å². The summed E-state index contributed by atoms with van der Waals surface area (Å²) in [7, 11) is -2.51. The Bertz CT molecular complexity index is 209. The van der Waals surface area contributed by atoms with Crippen LogP contribution in [-0.2, 0) is 18.0 Å². The van der Waals surface area contributed by atoms with E-state index >= 15 is 0 Å². The van der Waals surface area contributed by atoms with Gasteiger partial charge in [0.1, 0.15) is 0 Å². The molecule has 0 aliphatic carbocycles. The van der Waals surface area contributed by atoms with E-state index in [2.05, 4.69) is 6.58 Å². The second-order valence-electron chi connectivity index (χ2n) is 3.53. The zero-order chi connectivity index (χ0) is 11.3. The minimum Gasteiger partial charge on any atom is -0.505 e. The molecule has 0 radical (unpaired) electrons. The number of hydrogen-bond donors (Lipinski definition) is 0. The van der Waals surface area contributed by atoms with E-state index in [1.807, 2.05) is 20.4 Å². The molecular weight excluding hydrogens is 212 g/mol. The summed E-state index contributed by atoms with van der Waals surface area (Å²) < 4.78 is 21.9. The Morgan fingerprint density at radius 3 is 2.33 bits per heavy atom. The van der Waals surface area contributed by atoms with Gasteiger partial charge in [-0.05, 0) is 13.8 Å². The highest BCUT2D eigenvalue weighted by Crippen LogP contribution is 2.22. The van der Waals surface area contributed by atoms with E-state index in [0.29, 0.717) is 25.1 Å². The minimum atomic E-state index is -2.51. The molecule has 1 atom stereocenters. The maximum absolute atomic E-state index is 5.69. The maximum Gasteiger partial charge on any atom is 0.562 e. The molecule has 1 saturated heterocycles. The van der Waals surface area contributed by atoms with Gasteiger partial charge >= 0.3 is 8.80 Å². The van der Waals surface area contributed by atoms with Gasteiger partial charge < -0.3 is 18.0 Å². The number of hydrogen-bond acceptors (Lipinski definition) is 4. The third-order valence-corrected chi connectivity index (χ3v) is 4.29. The van der Waals surface area contributed by atoms with Crippen molar-refractivity contribution in [3.8, 4) is 0 Å². The largest absolute Gasteiger partial charge is 0.562 e. The van der Waals surface area contributed by atoms with Crippen molar-refractivity contribution in [3.05, 3.63) is 12.3 Å². The molecule has 0 saturated carbocycles. The summed E-state index contributed by atoms with van der Waals surface area (Å²) in [6.07, 6.45) is 1.03. The first-order chi connectivity index (χ1) is 7.09. The first-order valence-corrected chi connectivity index (χ1v) is 7.58. The fraction of sp³-hybridized carbons (Fsp3) is 0.800. The molecule has 1 aliphatic heterocycles. The summed E-state index contributed by atoms with van der Waals surface area (Å²) in [5, 5.41) is 0. The van der Waals surface area contributed by atoms with Crippen LogP contribution in [0.25, 0.3) is 0 Å². The SMILES string of the molecule is C=C(CC1CO1)O[Si](C)(OCC)OCC. The van der Waals surface area contributed by atoms with Gasteiger partial charge in [-0.3, -0.25) is 0 Å². The normalized spacial score (nSPS) is 20.1. The summed E-state index contributed by atoms with van der Waals surface area (Å²) in [6, 6.07) is 0. The molecule has 88 valence electrons. The minimum absolute atomic E-state index is 0.291. The van der Waals surface area contributed by atoms with Gasteiger partial charge in [0.05, 0.1) is 18.5 Å². The molecule has 0 spiro atoms. The molecule has 5 heteroatoms. The third kappa shape index (κ3) is 4.79. The fourth-order valence-electron chi connectivity index (χ4n) is 1.37. The van der Waals surface area contributed by atoms with Crippen LogP contribution in [0.2, 0.25) is 6.55 Å². The predicted octanol–water partition coefficient (Wildman–Crippen LogP) is 1.95. The highest BCUT2D eigenvalue weighted by molar-refractivity contribution is 6.59. The van der Waals surface area contributed by atoms with Crippen molar-refractivity contribution in [3.63, 3.8) is 0 Å². The van der Waals surface area contributed by atoms with Crippen LogP contribution >= 0.6 is 0 Å². The molecule has 1 heterocycles. The zero-order valence-electron chi connectivity index (χ0n) is 9.75. The second kappa shape index (κ2) is 5.65. The topological polar surface area (TPSA) is 40.2 Å². The maximum atomic E-state index is 5.69. The molecule has 0 aromatic heterocycles. The van der Waals surface area contributed by atoms with E-state index in [9.17, 15) is 0 Å². The number of rotatable bonds is 8. The van der Waals surface area contributed by atoms with Crippen LogP contribution < -0.4 is 0 Å². The van der Waals surface area contributed by atoms with Crippen LogP contribution in [0.1, 0.15) is 20.3 Å². The van der Waals surface area contributed by atoms with Crippen molar-refractivity contribution in [1.29, 1.82) is 0 Å². The summed E-state index contributed by atoms with van der Waals surface area (Å²) in [4.78, 5) is 0. The van der Waals surface area contributed by atoms with Crippen molar-refractivity contribution < 1.29 is 18.0 Å². The van der Waals surface area contributed by atoms with Crippen molar-refractivity contribution in [2.45, 2.75) is 32.9 Å². The monoisotopic (exact) mass is 232 g/mol. The number of epoxide rings is 1. The van der Waals surface area contributed by atoms with Gasteiger partial charge in [0, 0.05) is 26.2 Å². The Morgan fingerprint density at radius 1 is 1.40 bits per heavy atom. The third-order valence-electron chi connectivity index (χ3n) is 2.00. The van der Waals surface area contributed by atoms with Crippen molar-refractivity contribution in [2.75, 3.05) is 19.8 Å². The van der Waals surface area contributed by atoms with Crippen LogP contribution in [0.5, 0.6) is 0 Å². The lowest BCUT2D eigenvalue weighted by Gasteiger charge is -2.26. The molecule has 0 aromatic carbocycles.